The molecule has 0 saturated heterocycles. The summed E-state index contributed by atoms with van der Waals surface area (Å²) in [6, 6.07) is 1.74. The number of aryl methyl sites for hydroxylation is 1. The molecule has 1 aliphatic rings. The topological polar surface area (TPSA) is 99.8 Å². The van der Waals surface area contributed by atoms with E-state index in [1.165, 1.54) is 6.26 Å². The molecule has 0 spiro atoms. The minimum absolute atomic E-state index is 0.00393. The predicted molar refractivity (Wildman–Crippen MR) is 60.9 cm³/mol. The number of carbonyl (C=O) groups is 2. The van der Waals surface area contributed by atoms with Crippen molar-refractivity contribution in [1.82, 2.24) is 5.32 Å². The van der Waals surface area contributed by atoms with Crippen molar-refractivity contribution in [3.05, 3.63) is 23.7 Å². The summed E-state index contributed by atoms with van der Waals surface area (Å²) >= 11 is 0. The van der Waals surface area contributed by atoms with Crippen LogP contribution < -0.4 is 5.32 Å². The van der Waals surface area contributed by atoms with Gasteiger partial charge in [0.05, 0.1) is 18.8 Å². The van der Waals surface area contributed by atoms with Gasteiger partial charge in [-0.3, -0.25) is 4.79 Å². The number of carboxylic acids is 1. The van der Waals surface area contributed by atoms with E-state index in [-0.39, 0.29) is 19.3 Å². The van der Waals surface area contributed by atoms with Crippen molar-refractivity contribution in [1.29, 1.82) is 0 Å². The smallest absolute Gasteiger partial charge is 0.329 e. The van der Waals surface area contributed by atoms with Gasteiger partial charge in [0.15, 0.2) is 0 Å². The summed E-state index contributed by atoms with van der Waals surface area (Å²) in [5.41, 5.74) is -0.472. The molecule has 1 aromatic heterocycles. The third-order valence-corrected chi connectivity index (χ3v) is 3.25. The van der Waals surface area contributed by atoms with Crippen LogP contribution in [0.25, 0.3) is 0 Å². The van der Waals surface area contributed by atoms with Crippen LogP contribution in [0.15, 0.2) is 16.7 Å². The Morgan fingerprint density at radius 1 is 1.56 bits per heavy atom. The quantitative estimate of drug-likeness (QED) is 0.713. The van der Waals surface area contributed by atoms with Gasteiger partial charge in [0.2, 0.25) is 5.91 Å². The second-order valence-electron chi connectivity index (χ2n) is 4.70. The van der Waals surface area contributed by atoms with Crippen LogP contribution in [-0.4, -0.2) is 33.7 Å². The molecule has 0 aliphatic heterocycles. The van der Waals surface area contributed by atoms with E-state index in [2.05, 4.69) is 5.32 Å². The molecule has 3 N–H and O–H groups in total. The zero-order valence-electron chi connectivity index (χ0n) is 9.97. The number of rotatable bonds is 4. The third-order valence-electron chi connectivity index (χ3n) is 3.25. The van der Waals surface area contributed by atoms with Crippen molar-refractivity contribution in [3.63, 3.8) is 0 Å². The maximum Gasteiger partial charge on any atom is 0.329 e. The second kappa shape index (κ2) is 4.45. The van der Waals surface area contributed by atoms with Gasteiger partial charge in [0.25, 0.3) is 0 Å². The number of hydrogen-bond acceptors (Lipinski definition) is 4. The van der Waals surface area contributed by atoms with Crippen molar-refractivity contribution >= 4 is 11.9 Å². The average Bonchev–Trinajstić information content (AvgIpc) is 2.61. The standard InChI is InChI=1S/C12H15NO5/c1-7-2-3-18-9(7)4-10(15)13-12(11(16)17)5-8(14)6-12/h2-3,8,14H,4-6H2,1H3,(H,13,15)(H,16,17). The van der Waals surface area contributed by atoms with E-state index in [9.17, 15) is 14.7 Å². The molecule has 1 aliphatic carbocycles. The van der Waals surface area contributed by atoms with Crippen LogP contribution in [0.2, 0.25) is 0 Å². The first-order valence-electron chi connectivity index (χ1n) is 5.68. The zero-order chi connectivity index (χ0) is 13.3. The van der Waals surface area contributed by atoms with Gasteiger partial charge in [0.1, 0.15) is 11.3 Å². The van der Waals surface area contributed by atoms with Gasteiger partial charge in [0, 0.05) is 12.8 Å². The lowest BCUT2D eigenvalue weighted by Gasteiger charge is -2.42. The van der Waals surface area contributed by atoms with Crippen LogP contribution in [0.3, 0.4) is 0 Å². The van der Waals surface area contributed by atoms with Crippen LogP contribution in [0.5, 0.6) is 0 Å². The van der Waals surface area contributed by atoms with E-state index in [4.69, 9.17) is 9.52 Å². The fourth-order valence-electron chi connectivity index (χ4n) is 2.12. The summed E-state index contributed by atoms with van der Waals surface area (Å²) in [4.78, 5) is 22.9. The van der Waals surface area contributed by atoms with Crippen LogP contribution in [0.1, 0.15) is 24.2 Å². The molecule has 1 saturated carbocycles. The molecule has 1 fully saturated rings. The normalized spacial score (nSPS) is 26.4. The molecule has 98 valence electrons. The molecule has 1 amide bonds. The van der Waals surface area contributed by atoms with E-state index in [1.54, 1.807) is 6.07 Å². The van der Waals surface area contributed by atoms with Gasteiger partial charge in [-0.05, 0) is 18.6 Å². The summed E-state index contributed by atoms with van der Waals surface area (Å²) < 4.78 is 5.13. The molecule has 6 heteroatoms. The lowest BCUT2D eigenvalue weighted by Crippen LogP contribution is -2.64. The molecule has 0 atom stereocenters. The van der Waals surface area contributed by atoms with Gasteiger partial charge >= 0.3 is 5.97 Å². The number of furan rings is 1. The van der Waals surface area contributed by atoms with Crippen LogP contribution in [-0.2, 0) is 16.0 Å². The highest BCUT2D eigenvalue weighted by Gasteiger charge is 2.51. The second-order valence-corrected chi connectivity index (χ2v) is 4.70. The minimum Gasteiger partial charge on any atom is -0.480 e. The number of nitrogens with one attached hydrogen (secondary N) is 1. The fraction of sp³-hybridized carbons (Fsp3) is 0.500. The highest BCUT2D eigenvalue weighted by atomic mass is 16.4. The first-order chi connectivity index (χ1) is 8.43. The molecule has 1 heterocycles. The van der Waals surface area contributed by atoms with Crippen LogP contribution in [0, 0.1) is 6.92 Å². The Labute approximate surface area is 104 Å². The number of aliphatic hydroxyl groups excluding tert-OH is 1. The first-order valence-corrected chi connectivity index (χ1v) is 5.68. The SMILES string of the molecule is Cc1ccoc1CC(=O)NC1(C(=O)O)CC(O)C1. The minimum atomic E-state index is -1.32. The molecule has 1 aromatic rings. The van der Waals surface area contributed by atoms with E-state index in [0.29, 0.717) is 5.76 Å². The maximum atomic E-state index is 11.8. The van der Waals surface area contributed by atoms with Crippen molar-refractivity contribution in [2.45, 2.75) is 37.8 Å². The molecular formula is C12H15NO5. The van der Waals surface area contributed by atoms with Crippen molar-refractivity contribution in [2.24, 2.45) is 0 Å². The van der Waals surface area contributed by atoms with Crippen molar-refractivity contribution in [2.75, 3.05) is 0 Å². The van der Waals surface area contributed by atoms with E-state index in [1.807, 2.05) is 6.92 Å². The first kappa shape index (κ1) is 12.6. The highest BCUT2D eigenvalue weighted by molar-refractivity contribution is 5.88. The molecule has 0 bridgehead atoms. The Hall–Kier alpha value is -1.82. The molecule has 0 aromatic carbocycles. The van der Waals surface area contributed by atoms with Gasteiger partial charge in [-0.1, -0.05) is 0 Å². The Bertz CT molecular complexity index is 473. The van der Waals surface area contributed by atoms with E-state index >= 15 is 0 Å². The van der Waals surface area contributed by atoms with Gasteiger partial charge in [-0.25, -0.2) is 4.79 Å². The lowest BCUT2D eigenvalue weighted by molar-refractivity contribution is -0.157. The number of carboxylic acid groups (broad SMARTS) is 1. The van der Waals surface area contributed by atoms with Gasteiger partial charge in [-0.2, -0.15) is 0 Å². The number of aliphatic hydroxyl groups is 1. The predicted octanol–water partition coefficient (Wildman–Crippen LogP) is 0.225. The molecule has 2 rings (SSSR count). The molecule has 0 radical (unpaired) electrons. The Morgan fingerprint density at radius 2 is 2.22 bits per heavy atom. The summed E-state index contributed by atoms with van der Waals surface area (Å²) in [7, 11) is 0. The maximum absolute atomic E-state index is 11.8. The number of amides is 1. The van der Waals surface area contributed by atoms with Gasteiger partial charge < -0.3 is 19.9 Å². The highest BCUT2D eigenvalue weighted by Crippen LogP contribution is 2.32. The van der Waals surface area contributed by atoms with Crippen molar-refractivity contribution in [3.8, 4) is 0 Å². The summed E-state index contributed by atoms with van der Waals surface area (Å²) in [5, 5.41) is 20.8. The van der Waals surface area contributed by atoms with Gasteiger partial charge in [-0.15, -0.1) is 0 Å². The number of carbonyl (C=O) groups excluding carboxylic acids is 1. The molecule has 18 heavy (non-hydrogen) atoms. The Balaban J connectivity index is 1.99. The summed E-state index contributed by atoms with van der Waals surface area (Å²) in [6.45, 7) is 1.81. The fourth-order valence-corrected chi connectivity index (χ4v) is 2.12. The Morgan fingerprint density at radius 3 is 2.67 bits per heavy atom. The van der Waals surface area contributed by atoms with Crippen LogP contribution >= 0.6 is 0 Å². The summed E-state index contributed by atoms with van der Waals surface area (Å²) in [6.07, 6.45) is 0.921. The third kappa shape index (κ3) is 2.24. The average molecular weight is 253 g/mol. The zero-order valence-corrected chi connectivity index (χ0v) is 9.97. The number of aliphatic carboxylic acids is 1. The monoisotopic (exact) mass is 253 g/mol. The van der Waals surface area contributed by atoms with E-state index in [0.717, 1.165) is 5.56 Å². The Kier molecular flexibility index (Phi) is 3.13. The summed E-state index contributed by atoms with van der Waals surface area (Å²) in [5.74, 6) is -1.01. The van der Waals surface area contributed by atoms with Crippen LogP contribution in [0.4, 0.5) is 0 Å². The molecule has 0 unspecified atom stereocenters. The van der Waals surface area contributed by atoms with E-state index < -0.39 is 23.5 Å². The molecular weight excluding hydrogens is 238 g/mol. The largest absolute Gasteiger partial charge is 0.480 e. The van der Waals surface area contributed by atoms with Crippen molar-refractivity contribution < 1.29 is 24.2 Å². The lowest BCUT2D eigenvalue weighted by atomic mass is 9.74. The molecule has 6 nitrogen and oxygen atoms in total. The number of hydrogen-bond donors (Lipinski definition) is 3.